The van der Waals surface area contributed by atoms with Gasteiger partial charge in [0.25, 0.3) is 5.91 Å². The summed E-state index contributed by atoms with van der Waals surface area (Å²) in [6.45, 7) is 5.46. The highest BCUT2D eigenvalue weighted by molar-refractivity contribution is 6.04. The number of hydrogen-bond donors (Lipinski definition) is 1. The maximum absolute atomic E-state index is 11.5. The number of hydrogen-bond acceptors (Lipinski definition) is 4. The zero-order valence-electron chi connectivity index (χ0n) is 9.11. The predicted octanol–water partition coefficient (Wildman–Crippen LogP) is 1.60. The topological polar surface area (TPSA) is 66.8 Å². The van der Waals surface area contributed by atoms with Crippen LogP contribution >= 0.6 is 0 Å². The van der Waals surface area contributed by atoms with Crippen molar-refractivity contribution in [2.24, 2.45) is 0 Å². The van der Waals surface area contributed by atoms with Crippen molar-refractivity contribution in [1.29, 1.82) is 0 Å². The van der Waals surface area contributed by atoms with Gasteiger partial charge in [0, 0.05) is 6.54 Å². The summed E-state index contributed by atoms with van der Waals surface area (Å²) in [6.07, 6.45) is 0.450. The molecule has 1 aliphatic rings. The van der Waals surface area contributed by atoms with Crippen LogP contribution in [0.4, 0.5) is 4.79 Å². The molecule has 0 aromatic rings. The summed E-state index contributed by atoms with van der Waals surface area (Å²) in [7, 11) is 0. The highest BCUT2D eigenvalue weighted by Crippen LogP contribution is 2.19. The SMILES string of the molecule is CC(C)(C)OC(=O)N1CC/C(=C\O)C1=O. The van der Waals surface area contributed by atoms with Crippen LogP contribution in [0.15, 0.2) is 11.8 Å². The quantitative estimate of drug-likeness (QED) is 0.490. The molecule has 1 aliphatic heterocycles. The summed E-state index contributed by atoms with van der Waals surface area (Å²) in [4.78, 5) is 24.0. The Bertz CT molecular complexity index is 314. The molecule has 0 unspecified atom stereocenters. The number of carbonyl (C=O) groups is 2. The lowest BCUT2D eigenvalue weighted by Crippen LogP contribution is -2.37. The fraction of sp³-hybridized carbons (Fsp3) is 0.600. The molecule has 0 aliphatic carbocycles. The van der Waals surface area contributed by atoms with Gasteiger partial charge in [-0.05, 0) is 27.2 Å². The van der Waals surface area contributed by atoms with Gasteiger partial charge in [0.15, 0.2) is 0 Å². The third-order valence-corrected chi connectivity index (χ3v) is 1.89. The second kappa shape index (κ2) is 3.92. The molecule has 2 amide bonds. The second-order valence-corrected chi connectivity index (χ2v) is 4.34. The molecule has 0 saturated carbocycles. The number of nitrogens with zero attached hydrogens (tertiary/aromatic N) is 1. The Hall–Kier alpha value is -1.52. The first kappa shape index (κ1) is 11.6. The molecule has 5 heteroatoms. The van der Waals surface area contributed by atoms with E-state index in [1.165, 1.54) is 0 Å². The zero-order valence-corrected chi connectivity index (χ0v) is 9.11. The van der Waals surface area contributed by atoms with E-state index in [0.29, 0.717) is 6.42 Å². The van der Waals surface area contributed by atoms with E-state index in [9.17, 15) is 9.59 Å². The van der Waals surface area contributed by atoms with E-state index < -0.39 is 17.6 Å². The van der Waals surface area contributed by atoms with Gasteiger partial charge in [-0.15, -0.1) is 0 Å². The normalized spacial score (nSPS) is 19.8. The van der Waals surface area contributed by atoms with Crippen molar-refractivity contribution in [1.82, 2.24) is 4.90 Å². The van der Waals surface area contributed by atoms with E-state index in [1.54, 1.807) is 20.8 Å². The van der Waals surface area contributed by atoms with Crippen LogP contribution in [0.3, 0.4) is 0 Å². The van der Waals surface area contributed by atoms with Crippen LogP contribution in [0.1, 0.15) is 27.2 Å². The van der Waals surface area contributed by atoms with Crippen LogP contribution < -0.4 is 0 Å². The monoisotopic (exact) mass is 213 g/mol. The molecule has 0 radical (unpaired) electrons. The number of likely N-dealkylation sites (tertiary alicyclic amines) is 1. The van der Waals surface area contributed by atoms with Crippen LogP contribution in [-0.4, -0.2) is 34.2 Å². The first-order valence-electron chi connectivity index (χ1n) is 4.73. The van der Waals surface area contributed by atoms with Gasteiger partial charge in [-0.3, -0.25) is 4.79 Å². The van der Waals surface area contributed by atoms with Gasteiger partial charge in [-0.2, -0.15) is 0 Å². The van der Waals surface area contributed by atoms with E-state index >= 15 is 0 Å². The van der Waals surface area contributed by atoms with Crippen molar-refractivity contribution >= 4 is 12.0 Å². The average Bonchev–Trinajstić information content (AvgIpc) is 2.43. The lowest BCUT2D eigenvalue weighted by molar-refractivity contribution is -0.124. The van der Waals surface area contributed by atoms with Crippen molar-refractivity contribution in [2.75, 3.05) is 6.54 Å². The van der Waals surface area contributed by atoms with Crippen molar-refractivity contribution in [2.45, 2.75) is 32.8 Å². The van der Waals surface area contributed by atoms with Crippen molar-refractivity contribution in [3.63, 3.8) is 0 Å². The van der Waals surface area contributed by atoms with Gasteiger partial charge < -0.3 is 9.84 Å². The summed E-state index contributed by atoms with van der Waals surface area (Å²) in [5, 5.41) is 8.71. The van der Waals surface area contributed by atoms with Gasteiger partial charge in [0.05, 0.1) is 11.8 Å². The van der Waals surface area contributed by atoms with Crippen molar-refractivity contribution < 1.29 is 19.4 Å². The molecule has 5 nitrogen and oxygen atoms in total. The number of amides is 2. The van der Waals surface area contributed by atoms with E-state index in [1.807, 2.05) is 0 Å². The predicted molar refractivity (Wildman–Crippen MR) is 53.3 cm³/mol. The van der Waals surface area contributed by atoms with Crippen LogP contribution in [0, 0.1) is 0 Å². The average molecular weight is 213 g/mol. The van der Waals surface area contributed by atoms with Crippen LogP contribution in [0.25, 0.3) is 0 Å². The van der Waals surface area contributed by atoms with Crippen LogP contribution in [0.2, 0.25) is 0 Å². The Labute approximate surface area is 88.3 Å². The second-order valence-electron chi connectivity index (χ2n) is 4.34. The number of imide groups is 1. The highest BCUT2D eigenvalue weighted by atomic mass is 16.6. The third-order valence-electron chi connectivity index (χ3n) is 1.89. The first-order valence-corrected chi connectivity index (χ1v) is 4.73. The molecule has 15 heavy (non-hydrogen) atoms. The zero-order chi connectivity index (χ0) is 11.6. The highest BCUT2D eigenvalue weighted by Gasteiger charge is 2.34. The smallest absolute Gasteiger partial charge is 0.417 e. The molecule has 1 fully saturated rings. The van der Waals surface area contributed by atoms with Gasteiger partial charge in [0.1, 0.15) is 5.60 Å². The largest absolute Gasteiger partial charge is 0.515 e. The summed E-state index contributed by atoms with van der Waals surface area (Å²) < 4.78 is 5.04. The third kappa shape index (κ3) is 2.71. The molecular weight excluding hydrogens is 198 g/mol. The lowest BCUT2D eigenvalue weighted by atomic mass is 10.2. The summed E-state index contributed by atoms with van der Waals surface area (Å²) in [5.41, 5.74) is -0.385. The van der Waals surface area contributed by atoms with E-state index in [0.717, 1.165) is 11.2 Å². The van der Waals surface area contributed by atoms with E-state index in [4.69, 9.17) is 9.84 Å². The minimum Gasteiger partial charge on any atom is -0.515 e. The Morgan fingerprint density at radius 1 is 1.53 bits per heavy atom. The Kier molecular flexibility index (Phi) is 3.02. The Morgan fingerprint density at radius 2 is 2.13 bits per heavy atom. The number of rotatable bonds is 0. The Morgan fingerprint density at radius 3 is 2.53 bits per heavy atom. The van der Waals surface area contributed by atoms with Crippen LogP contribution in [-0.2, 0) is 9.53 Å². The molecule has 84 valence electrons. The molecule has 1 N–H and O–H groups in total. The van der Waals surface area contributed by atoms with Gasteiger partial charge in [-0.1, -0.05) is 0 Å². The van der Waals surface area contributed by atoms with Gasteiger partial charge >= 0.3 is 6.09 Å². The number of carbonyl (C=O) groups excluding carboxylic acids is 2. The molecule has 0 atom stereocenters. The van der Waals surface area contributed by atoms with Gasteiger partial charge in [0.2, 0.25) is 0 Å². The van der Waals surface area contributed by atoms with E-state index in [2.05, 4.69) is 0 Å². The molecule has 1 saturated heterocycles. The minimum absolute atomic E-state index is 0.237. The standard InChI is InChI=1S/C10H15NO4/c1-10(2,3)15-9(14)11-5-4-7(6-12)8(11)13/h6,12H,4-5H2,1-3H3/b7-6+. The number of aliphatic hydroxyl groups is 1. The number of ether oxygens (including phenoxy) is 1. The number of aliphatic hydroxyl groups excluding tert-OH is 1. The molecule has 1 rings (SSSR count). The molecule has 0 aromatic carbocycles. The molecule has 0 spiro atoms. The maximum Gasteiger partial charge on any atom is 0.417 e. The lowest BCUT2D eigenvalue weighted by Gasteiger charge is -2.22. The first-order chi connectivity index (χ1) is 6.85. The molecule has 0 aromatic heterocycles. The van der Waals surface area contributed by atoms with Crippen molar-refractivity contribution in [3.05, 3.63) is 11.8 Å². The van der Waals surface area contributed by atoms with Gasteiger partial charge in [-0.25, -0.2) is 9.69 Å². The maximum atomic E-state index is 11.5. The molecular formula is C10H15NO4. The summed E-state index contributed by atoms with van der Waals surface area (Å²) in [6, 6.07) is 0. The summed E-state index contributed by atoms with van der Waals surface area (Å²) in [5.74, 6) is -0.480. The molecule has 1 heterocycles. The van der Waals surface area contributed by atoms with Crippen LogP contribution in [0.5, 0.6) is 0 Å². The minimum atomic E-state index is -0.663. The Balaban J connectivity index is 2.68. The van der Waals surface area contributed by atoms with Crippen molar-refractivity contribution in [3.8, 4) is 0 Å². The molecule has 0 bridgehead atoms. The van der Waals surface area contributed by atoms with E-state index in [-0.39, 0.29) is 12.1 Å². The fourth-order valence-corrected chi connectivity index (χ4v) is 1.23. The fourth-order valence-electron chi connectivity index (χ4n) is 1.23. The summed E-state index contributed by atoms with van der Waals surface area (Å²) >= 11 is 0.